The number of nitrogens with one attached hydrogen (secondary N) is 1. The monoisotopic (exact) mass is 408 g/mol. The molecule has 3 rings (SSSR count). The van der Waals surface area contributed by atoms with Gasteiger partial charge in [0.25, 0.3) is 5.91 Å². The van der Waals surface area contributed by atoms with E-state index in [1.165, 1.54) is 0 Å². The first-order valence-electron chi connectivity index (χ1n) is 9.69. The average molecular weight is 408 g/mol. The molecule has 1 heterocycles. The number of ketones is 1. The lowest BCUT2D eigenvalue weighted by atomic mass is 10.0. The molecule has 1 aliphatic heterocycles. The summed E-state index contributed by atoms with van der Waals surface area (Å²) in [4.78, 5) is 49.1. The number of hydrazine groups is 1. The lowest BCUT2D eigenvalue weighted by Crippen LogP contribution is -2.43. The minimum absolute atomic E-state index is 0.00704. The maximum absolute atomic E-state index is 12.3. The van der Waals surface area contributed by atoms with Gasteiger partial charge in [-0.25, -0.2) is 0 Å². The van der Waals surface area contributed by atoms with Gasteiger partial charge in [0, 0.05) is 17.5 Å². The van der Waals surface area contributed by atoms with Crippen molar-refractivity contribution in [2.75, 3.05) is 13.2 Å². The van der Waals surface area contributed by atoms with E-state index in [0.717, 1.165) is 21.7 Å². The fourth-order valence-corrected chi connectivity index (χ4v) is 3.12. The zero-order chi connectivity index (χ0) is 21.8. The van der Waals surface area contributed by atoms with Crippen LogP contribution in [-0.2, 0) is 14.3 Å². The third-order valence-electron chi connectivity index (χ3n) is 5.18. The molecule has 1 atom stereocenters. The van der Waals surface area contributed by atoms with Crippen LogP contribution in [0.15, 0.2) is 42.5 Å². The van der Waals surface area contributed by atoms with Crippen molar-refractivity contribution in [1.82, 2.24) is 10.4 Å². The summed E-state index contributed by atoms with van der Waals surface area (Å²) < 4.78 is 5.13. The Balaban J connectivity index is 1.53. The Bertz CT molecular complexity index is 997. The van der Waals surface area contributed by atoms with E-state index in [9.17, 15) is 19.2 Å². The predicted octanol–water partition coefficient (Wildman–Crippen LogP) is 2.53. The molecule has 0 aromatic heterocycles. The molecule has 0 aliphatic carbocycles. The number of hydrogen-bond donors (Lipinski definition) is 1. The Kier molecular flexibility index (Phi) is 6.30. The van der Waals surface area contributed by atoms with Crippen molar-refractivity contribution in [2.24, 2.45) is 5.92 Å². The molecule has 7 nitrogen and oxygen atoms in total. The molecule has 0 saturated carbocycles. The zero-order valence-electron chi connectivity index (χ0n) is 17.2. The van der Waals surface area contributed by atoms with Crippen molar-refractivity contribution in [3.05, 3.63) is 70.3 Å². The summed E-state index contributed by atoms with van der Waals surface area (Å²) in [6, 6.07) is 12.2. The Morgan fingerprint density at radius 3 is 2.33 bits per heavy atom. The number of aryl methyl sites for hydroxylation is 3. The Morgan fingerprint density at radius 2 is 1.67 bits per heavy atom. The van der Waals surface area contributed by atoms with Gasteiger partial charge in [-0.05, 0) is 50.1 Å². The second-order valence-corrected chi connectivity index (χ2v) is 7.54. The molecule has 0 radical (unpaired) electrons. The molecule has 2 aromatic rings. The zero-order valence-corrected chi connectivity index (χ0v) is 17.2. The van der Waals surface area contributed by atoms with Crippen molar-refractivity contribution in [1.29, 1.82) is 0 Å². The number of benzene rings is 2. The van der Waals surface area contributed by atoms with E-state index in [-0.39, 0.29) is 31.3 Å². The maximum atomic E-state index is 12.3. The molecule has 0 unspecified atom stereocenters. The predicted molar refractivity (Wildman–Crippen MR) is 110 cm³/mol. The van der Waals surface area contributed by atoms with Gasteiger partial charge >= 0.3 is 5.97 Å². The summed E-state index contributed by atoms with van der Waals surface area (Å²) in [5, 5.41) is 1.12. The van der Waals surface area contributed by atoms with Crippen LogP contribution in [0, 0.1) is 26.7 Å². The number of carbonyl (C=O) groups is 4. The Morgan fingerprint density at radius 1 is 1.00 bits per heavy atom. The molecule has 1 saturated heterocycles. The standard InChI is InChI=1S/C23H24N2O5/c1-14-4-7-17(8-5-14)22(28)24-25-12-19(11-21(25)27)23(29)30-13-20(26)18-9-6-15(2)16(3)10-18/h4-10,19H,11-13H2,1-3H3,(H,24,28)/t19-/m0/s1. The number of carbonyl (C=O) groups excluding carboxylic acids is 4. The van der Waals surface area contributed by atoms with Crippen LogP contribution in [0.2, 0.25) is 0 Å². The Labute approximate surface area is 175 Å². The summed E-state index contributed by atoms with van der Waals surface area (Å²) in [6.07, 6.45) is -0.0785. The van der Waals surface area contributed by atoms with Gasteiger partial charge in [0.1, 0.15) is 0 Å². The van der Waals surface area contributed by atoms with E-state index in [0.29, 0.717) is 11.1 Å². The number of esters is 1. The molecular formula is C23H24N2O5. The maximum Gasteiger partial charge on any atom is 0.311 e. The van der Waals surface area contributed by atoms with Crippen LogP contribution in [0.5, 0.6) is 0 Å². The molecule has 2 amide bonds. The van der Waals surface area contributed by atoms with Crippen LogP contribution in [0.1, 0.15) is 43.8 Å². The number of amides is 2. The molecule has 1 fully saturated rings. The quantitative estimate of drug-likeness (QED) is 0.586. The number of ether oxygens (including phenoxy) is 1. The van der Waals surface area contributed by atoms with E-state index >= 15 is 0 Å². The largest absolute Gasteiger partial charge is 0.457 e. The van der Waals surface area contributed by atoms with E-state index in [1.807, 2.05) is 26.8 Å². The molecular weight excluding hydrogens is 384 g/mol. The molecule has 0 bridgehead atoms. The first-order chi connectivity index (χ1) is 14.2. The first-order valence-corrected chi connectivity index (χ1v) is 9.69. The number of Topliss-reactive ketones (excluding diaryl/α,β-unsaturated/α-hetero) is 1. The van der Waals surface area contributed by atoms with Crippen molar-refractivity contribution in [2.45, 2.75) is 27.2 Å². The molecule has 2 aromatic carbocycles. The summed E-state index contributed by atoms with van der Waals surface area (Å²) in [6.45, 7) is 5.38. The van der Waals surface area contributed by atoms with Gasteiger partial charge < -0.3 is 4.74 Å². The van der Waals surface area contributed by atoms with Crippen LogP contribution in [0.25, 0.3) is 0 Å². The van der Waals surface area contributed by atoms with Gasteiger partial charge in [-0.15, -0.1) is 0 Å². The van der Waals surface area contributed by atoms with Crippen LogP contribution >= 0.6 is 0 Å². The highest BCUT2D eigenvalue weighted by molar-refractivity contribution is 5.99. The van der Waals surface area contributed by atoms with Crippen molar-refractivity contribution in [3.8, 4) is 0 Å². The fraction of sp³-hybridized carbons (Fsp3) is 0.304. The molecule has 30 heavy (non-hydrogen) atoms. The van der Waals surface area contributed by atoms with Gasteiger partial charge in [-0.2, -0.15) is 0 Å². The highest BCUT2D eigenvalue weighted by Crippen LogP contribution is 2.18. The SMILES string of the molecule is Cc1ccc(C(=O)NN2C[C@@H](C(=O)OCC(=O)c3ccc(C)c(C)c3)CC2=O)cc1. The van der Waals surface area contributed by atoms with Gasteiger partial charge in [0.05, 0.1) is 12.5 Å². The summed E-state index contributed by atoms with van der Waals surface area (Å²) >= 11 is 0. The first kappa shape index (κ1) is 21.2. The minimum atomic E-state index is -0.733. The number of nitrogens with zero attached hydrogens (tertiary/aromatic N) is 1. The second-order valence-electron chi connectivity index (χ2n) is 7.54. The van der Waals surface area contributed by atoms with E-state index in [4.69, 9.17) is 4.74 Å². The Hall–Kier alpha value is -3.48. The van der Waals surface area contributed by atoms with Crippen molar-refractivity contribution < 1.29 is 23.9 Å². The number of hydrogen-bond acceptors (Lipinski definition) is 5. The fourth-order valence-electron chi connectivity index (χ4n) is 3.12. The van der Waals surface area contributed by atoms with E-state index in [1.54, 1.807) is 36.4 Å². The summed E-state index contributed by atoms with van der Waals surface area (Å²) in [7, 11) is 0. The van der Waals surface area contributed by atoms with E-state index in [2.05, 4.69) is 5.43 Å². The van der Waals surface area contributed by atoms with Gasteiger partial charge in [0.15, 0.2) is 12.4 Å². The lowest BCUT2D eigenvalue weighted by Gasteiger charge is -2.17. The smallest absolute Gasteiger partial charge is 0.311 e. The topological polar surface area (TPSA) is 92.8 Å². The molecule has 1 N–H and O–H groups in total. The molecule has 1 aliphatic rings. The lowest BCUT2D eigenvalue weighted by molar-refractivity contribution is -0.147. The van der Waals surface area contributed by atoms with Gasteiger partial charge in [-0.3, -0.25) is 29.6 Å². The van der Waals surface area contributed by atoms with Crippen LogP contribution < -0.4 is 5.43 Å². The third-order valence-corrected chi connectivity index (χ3v) is 5.18. The van der Waals surface area contributed by atoms with Crippen molar-refractivity contribution >= 4 is 23.6 Å². The molecule has 0 spiro atoms. The van der Waals surface area contributed by atoms with Gasteiger partial charge in [0.2, 0.25) is 5.91 Å². The summed E-state index contributed by atoms with van der Waals surface area (Å²) in [5.41, 5.74) is 6.48. The van der Waals surface area contributed by atoms with Crippen LogP contribution in [0.4, 0.5) is 0 Å². The second kappa shape index (κ2) is 8.90. The molecule has 7 heteroatoms. The number of rotatable bonds is 6. The van der Waals surface area contributed by atoms with Crippen LogP contribution in [0.3, 0.4) is 0 Å². The highest BCUT2D eigenvalue weighted by atomic mass is 16.5. The average Bonchev–Trinajstić information content (AvgIpc) is 3.08. The summed E-state index contributed by atoms with van der Waals surface area (Å²) in [5.74, 6) is -2.48. The van der Waals surface area contributed by atoms with Crippen LogP contribution in [-0.4, -0.2) is 41.7 Å². The van der Waals surface area contributed by atoms with Crippen molar-refractivity contribution in [3.63, 3.8) is 0 Å². The van der Waals surface area contributed by atoms with Gasteiger partial charge in [-0.1, -0.05) is 29.8 Å². The normalized spacial score (nSPS) is 15.8. The highest BCUT2D eigenvalue weighted by Gasteiger charge is 2.36. The minimum Gasteiger partial charge on any atom is -0.457 e. The molecule has 156 valence electrons. The van der Waals surface area contributed by atoms with E-state index < -0.39 is 17.8 Å². The third kappa shape index (κ3) is 4.92.